The normalized spacial score (nSPS) is 18.2. The fraction of sp³-hybridized carbons (Fsp3) is 1.00. The number of hydrogen-bond donors (Lipinski definition) is 0. The van der Waals surface area contributed by atoms with Gasteiger partial charge in [0.25, 0.3) is 5.92 Å². The zero-order chi connectivity index (χ0) is 11.6. The van der Waals surface area contributed by atoms with E-state index in [4.69, 9.17) is 4.74 Å². The highest BCUT2D eigenvalue weighted by atomic mass is 19.3. The highest BCUT2D eigenvalue weighted by Gasteiger charge is 2.41. The van der Waals surface area contributed by atoms with Gasteiger partial charge in [0, 0.05) is 13.2 Å². The molecule has 0 aromatic carbocycles. The molecule has 0 aromatic rings. The van der Waals surface area contributed by atoms with Gasteiger partial charge in [-0.2, -0.15) is 0 Å². The van der Waals surface area contributed by atoms with Gasteiger partial charge in [-0.15, -0.1) is 0 Å². The Morgan fingerprint density at radius 3 is 1.50 bits per heavy atom. The molecule has 0 saturated carbocycles. The molecule has 0 aliphatic carbocycles. The van der Waals surface area contributed by atoms with E-state index in [0.29, 0.717) is 0 Å². The van der Waals surface area contributed by atoms with Crippen LogP contribution in [0.1, 0.15) is 27.7 Å². The van der Waals surface area contributed by atoms with Crippen LogP contribution in [-0.2, 0) is 4.74 Å². The molecular weight excluding hydrogens is 188 g/mol. The second-order valence-corrected chi connectivity index (χ2v) is 2.81. The first-order valence-corrected chi connectivity index (χ1v) is 5.16. The standard InChI is InChI=1S/C4H7F2N.C4H10O.C2H6/c1-7-2-4(5,6)3-7;1-3-5-4-2;1-2/h2-3H2,1H3;3-4H2,1-2H3;1-2H3. The number of halogens is 2. The van der Waals surface area contributed by atoms with Crippen molar-refractivity contribution in [1.29, 1.82) is 0 Å². The number of likely N-dealkylation sites (tertiary alicyclic amines) is 1. The maximum Gasteiger partial charge on any atom is 0.272 e. The van der Waals surface area contributed by atoms with Crippen molar-refractivity contribution in [3.05, 3.63) is 0 Å². The molecule has 0 radical (unpaired) electrons. The Morgan fingerprint density at radius 2 is 1.50 bits per heavy atom. The van der Waals surface area contributed by atoms with E-state index in [9.17, 15) is 8.78 Å². The molecule has 1 heterocycles. The van der Waals surface area contributed by atoms with Gasteiger partial charge in [-0.3, -0.25) is 4.90 Å². The summed E-state index contributed by atoms with van der Waals surface area (Å²) in [5.41, 5.74) is 0. The molecule has 0 unspecified atom stereocenters. The van der Waals surface area contributed by atoms with Crippen LogP contribution in [0.5, 0.6) is 0 Å². The zero-order valence-corrected chi connectivity index (χ0v) is 9.94. The molecule has 14 heavy (non-hydrogen) atoms. The van der Waals surface area contributed by atoms with Gasteiger partial charge in [0.15, 0.2) is 0 Å². The minimum atomic E-state index is -2.38. The van der Waals surface area contributed by atoms with E-state index >= 15 is 0 Å². The Kier molecular flexibility index (Phi) is 10.8. The first kappa shape index (κ1) is 16.2. The lowest BCUT2D eigenvalue weighted by Gasteiger charge is -2.35. The lowest BCUT2D eigenvalue weighted by Crippen LogP contribution is -2.53. The SMILES string of the molecule is CC.CCOCC.CN1CC(F)(F)C1. The molecule has 0 atom stereocenters. The minimum absolute atomic E-state index is 0.0625. The first-order valence-electron chi connectivity index (χ1n) is 5.16. The average Bonchev–Trinajstić information content (AvgIpc) is 2.07. The quantitative estimate of drug-likeness (QED) is 0.696. The Bertz CT molecular complexity index is 111. The second kappa shape index (κ2) is 9.34. The molecule has 1 fully saturated rings. The van der Waals surface area contributed by atoms with E-state index in [1.54, 1.807) is 11.9 Å². The van der Waals surface area contributed by atoms with Crippen molar-refractivity contribution < 1.29 is 13.5 Å². The number of ether oxygens (including phenoxy) is 1. The van der Waals surface area contributed by atoms with Gasteiger partial charge in [0.05, 0.1) is 13.1 Å². The third kappa shape index (κ3) is 9.86. The lowest BCUT2D eigenvalue weighted by atomic mass is 10.2. The molecule has 0 spiro atoms. The van der Waals surface area contributed by atoms with Gasteiger partial charge in [-0.25, -0.2) is 8.78 Å². The Labute approximate surface area is 86.2 Å². The molecule has 1 aliphatic heterocycles. The van der Waals surface area contributed by atoms with Crippen LogP contribution < -0.4 is 0 Å². The monoisotopic (exact) mass is 211 g/mol. The summed E-state index contributed by atoms with van der Waals surface area (Å²) in [4.78, 5) is 1.58. The Morgan fingerprint density at radius 1 is 1.14 bits per heavy atom. The van der Waals surface area contributed by atoms with Crippen LogP contribution in [0, 0.1) is 0 Å². The molecule has 0 N–H and O–H groups in total. The van der Waals surface area contributed by atoms with E-state index < -0.39 is 5.92 Å². The maximum atomic E-state index is 11.7. The molecular formula is C10H23F2NO. The van der Waals surface area contributed by atoms with Crippen LogP contribution in [0.25, 0.3) is 0 Å². The summed E-state index contributed by atoms with van der Waals surface area (Å²) in [6.45, 7) is 9.54. The average molecular weight is 211 g/mol. The van der Waals surface area contributed by atoms with E-state index in [1.807, 2.05) is 27.7 Å². The summed E-state index contributed by atoms with van der Waals surface area (Å²) in [6, 6.07) is 0. The molecule has 2 nitrogen and oxygen atoms in total. The summed E-state index contributed by atoms with van der Waals surface area (Å²) in [7, 11) is 1.68. The van der Waals surface area contributed by atoms with E-state index in [-0.39, 0.29) is 13.1 Å². The summed E-state index contributed by atoms with van der Waals surface area (Å²) < 4.78 is 28.3. The largest absolute Gasteiger partial charge is 0.382 e. The van der Waals surface area contributed by atoms with Crippen LogP contribution in [0.4, 0.5) is 8.78 Å². The van der Waals surface area contributed by atoms with Crippen molar-refractivity contribution in [3.8, 4) is 0 Å². The number of hydrogen-bond acceptors (Lipinski definition) is 2. The number of nitrogens with zero attached hydrogens (tertiary/aromatic N) is 1. The van der Waals surface area contributed by atoms with Crippen molar-refractivity contribution in [1.82, 2.24) is 4.90 Å². The van der Waals surface area contributed by atoms with Gasteiger partial charge in [0.1, 0.15) is 0 Å². The van der Waals surface area contributed by atoms with Crippen molar-refractivity contribution in [3.63, 3.8) is 0 Å². The van der Waals surface area contributed by atoms with Crippen LogP contribution in [0.2, 0.25) is 0 Å². The van der Waals surface area contributed by atoms with Crippen molar-refractivity contribution in [2.24, 2.45) is 0 Å². The Balaban J connectivity index is 0. The maximum absolute atomic E-state index is 11.7. The van der Waals surface area contributed by atoms with Gasteiger partial charge in [-0.05, 0) is 20.9 Å². The van der Waals surface area contributed by atoms with Gasteiger partial charge >= 0.3 is 0 Å². The van der Waals surface area contributed by atoms with Crippen molar-refractivity contribution in [2.45, 2.75) is 33.6 Å². The molecule has 1 saturated heterocycles. The summed E-state index contributed by atoms with van der Waals surface area (Å²) >= 11 is 0. The smallest absolute Gasteiger partial charge is 0.272 e. The van der Waals surface area contributed by atoms with Crippen LogP contribution in [0.15, 0.2) is 0 Å². The highest BCUT2D eigenvalue weighted by Crippen LogP contribution is 2.23. The number of rotatable bonds is 2. The fourth-order valence-corrected chi connectivity index (χ4v) is 0.948. The third-order valence-corrected chi connectivity index (χ3v) is 1.41. The molecule has 0 aromatic heterocycles. The van der Waals surface area contributed by atoms with E-state index in [1.165, 1.54) is 0 Å². The summed E-state index contributed by atoms with van der Waals surface area (Å²) in [6.07, 6.45) is 0. The van der Waals surface area contributed by atoms with Gasteiger partial charge in [0.2, 0.25) is 0 Å². The van der Waals surface area contributed by atoms with Gasteiger partial charge < -0.3 is 4.74 Å². The first-order chi connectivity index (χ1) is 6.52. The van der Waals surface area contributed by atoms with Crippen LogP contribution in [0.3, 0.4) is 0 Å². The molecule has 1 rings (SSSR count). The minimum Gasteiger partial charge on any atom is -0.382 e. The van der Waals surface area contributed by atoms with Crippen LogP contribution >= 0.6 is 0 Å². The summed E-state index contributed by atoms with van der Waals surface area (Å²) in [5.74, 6) is -2.38. The predicted molar refractivity (Wildman–Crippen MR) is 56.0 cm³/mol. The topological polar surface area (TPSA) is 12.5 Å². The summed E-state index contributed by atoms with van der Waals surface area (Å²) in [5, 5.41) is 0. The van der Waals surface area contributed by atoms with E-state index in [0.717, 1.165) is 13.2 Å². The van der Waals surface area contributed by atoms with E-state index in [2.05, 4.69) is 0 Å². The molecule has 1 aliphatic rings. The van der Waals surface area contributed by atoms with Crippen molar-refractivity contribution >= 4 is 0 Å². The lowest BCUT2D eigenvalue weighted by molar-refractivity contribution is -0.119. The molecule has 0 amide bonds. The predicted octanol–water partition coefficient (Wildman–Crippen LogP) is 2.64. The fourth-order valence-electron chi connectivity index (χ4n) is 0.948. The third-order valence-electron chi connectivity index (χ3n) is 1.41. The van der Waals surface area contributed by atoms with Gasteiger partial charge in [-0.1, -0.05) is 13.8 Å². The van der Waals surface area contributed by atoms with Crippen LogP contribution in [-0.4, -0.2) is 44.2 Å². The second-order valence-electron chi connectivity index (χ2n) is 2.81. The molecule has 0 bridgehead atoms. The van der Waals surface area contributed by atoms with Crippen molar-refractivity contribution in [2.75, 3.05) is 33.4 Å². The molecule has 4 heteroatoms. The highest BCUT2D eigenvalue weighted by molar-refractivity contribution is 4.83. The number of alkyl halides is 2. The zero-order valence-electron chi connectivity index (χ0n) is 9.94. The molecule has 88 valence electrons. The Hall–Kier alpha value is -0.220.